The van der Waals surface area contributed by atoms with E-state index in [-0.39, 0.29) is 0 Å². The molecule has 0 aromatic heterocycles. The van der Waals surface area contributed by atoms with Crippen molar-refractivity contribution in [2.75, 3.05) is 25.9 Å². The minimum Gasteiger partial charge on any atom is -0.493 e. The number of nitrogen functional groups attached to an aromatic ring is 1. The van der Waals surface area contributed by atoms with E-state index in [2.05, 4.69) is 11.9 Å². The zero-order valence-electron chi connectivity index (χ0n) is 10.6. The monoisotopic (exact) mass is 234 g/mol. The van der Waals surface area contributed by atoms with E-state index in [9.17, 15) is 0 Å². The molecule has 1 aromatic rings. The van der Waals surface area contributed by atoms with Crippen LogP contribution in [0.4, 0.5) is 5.69 Å². The summed E-state index contributed by atoms with van der Waals surface area (Å²) in [6, 6.07) is 8.44. The number of benzene rings is 1. The lowest BCUT2D eigenvalue weighted by Crippen LogP contribution is -2.38. The van der Waals surface area contributed by atoms with E-state index in [1.807, 2.05) is 24.3 Å². The maximum Gasteiger partial charge on any atom is 0.121 e. The lowest BCUT2D eigenvalue weighted by Gasteiger charge is -2.34. The molecule has 1 aliphatic rings. The van der Waals surface area contributed by atoms with Gasteiger partial charge in [0.15, 0.2) is 0 Å². The summed E-state index contributed by atoms with van der Waals surface area (Å²) in [6.07, 6.45) is 5.20. The molecule has 0 aliphatic heterocycles. The van der Waals surface area contributed by atoms with Gasteiger partial charge in [-0.1, -0.05) is 12.5 Å². The van der Waals surface area contributed by atoms with E-state index in [1.54, 1.807) is 0 Å². The quantitative estimate of drug-likeness (QED) is 0.607. The third kappa shape index (κ3) is 3.63. The summed E-state index contributed by atoms with van der Waals surface area (Å²) < 4.78 is 5.66. The van der Waals surface area contributed by atoms with Gasteiger partial charge in [0.2, 0.25) is 0 Å². The molecule has 2 N–H and O–H groups in total. The highest BCUT2D eigenvalue weighted by Crippen LogP contribution is 2.23. The van der Waals surface area contributed by atoms with E-state index in [0.29, 0.717) is 0 Å². The average Bonchev–Trinajstić information content (AvgIpc) is 2.22. The predicted octanol–water partition coefficient (Wildman–Crippen LogP) is 2.52. The summed E-state index contributed by atoms with van der Waals surface area (Å²) >= 11 is 0. The summed E-state index contributed by atoms with van der Waals surface area (Å²) in [5, 5.41) is 0. The van der Waals surface area contributed by atoms with Gasteiger partial charge in [0.25, 0.3) is 0 Å². The third-order valence-corrected chi connectivity index (χ3v) is 3.48. The Morgan fingerprint density at radius 1 is 1.41 bits per heavy atom. The van der Waals surface area contributed by atoms with E-state index < -0.39 is 0 Å². The van der Waals surface area contributed by atoms with Gasteiger partial charge in [-0.15, -0.1) is 0 Å². The Hall–Kier alpha value is -1.22. The molecule has 0 spiro atoms. The van der Waals surface area contributed by atoms with Crippen molar-refractivity contribution >= 4 is 5.69 Å². The Bertz CT molecular complexity index is 350. The van der Waals surface area contributed by atoms with Crippen molar-refractivity contribution < 1.29 is 4.74 Å². The SMILES string of the molecule is CN(CCCOc1cccc(N)c1)C1CCC1. The van der Waals surface area contributed by atoms with Gasteiger partial charge < -0.3 is 15.4 Å². The van der Waals surface area contributed by atoms with Gasteiger partial charge in [-0.2, -0.15) is 0 Å². The van der Waals surface area contributed by atoms with Gasteiger partial charge in [0.05, 0.1) is 6.61 Å². The number of hydrogen-bond acceptors (Lipinski definition) is 3. The van der Waals surface area contributed by atoms with Crippen molar-refractivity contribution in [1.82, 2.24) is 4.90 Å². The summed E-state index contributed by atoms with van der Waals surface area (Å²) in [4.78, 5) is 2.45. The zero-order chi connectivity index (χ0) is 12.1. The Kier molecular flexibility index (Phi) is 4.26. The van der Waals surface area contributed by atoms with Crippen LogP contribution in [0.5, 0.6) is 5.75 Å². The fraction of sp³-hybridized carbons (Fsp3) is 0.571. The zero-order valence-corrected chi connectivity index (χ0v) is 10.6. The molecule has 0 saturated heterocycles. The molecule has 94 valence electrons. The summed E-state index contributed by atoms with van der Waals surface area (Å²) in [6.45, 7) is 1.88. The van der Waals surface area contributed by atoms with Gasteiger partial charge in [-0.25, -0.2) is 0 Å². The van der Waals surface area contributed by atoms with Crippen LogP contribution in [-0.2, 0) is 0 Å². The van der Waals surface area contributed by atoms with Gasteiger partial charge >= 0.3 is 0 Å². The molecule has 3 heteroatoms. The lowest BCUT2D eigenvalue weighted by atomic mass is 9.92. The Balaban J connectivity index is 1.62. The van der Waals surface area contributed by atoms with Gasteiger partial charge in [-0.3, -0.25) is 0 Å². The standard InChI is InChI=1S/C14H22N2O/c1-16(13-6-3-7-13)9-4-10-17-14-8-2-5-12(15)11-14/h2,5,8,11,13H,3-4,6-7,9-10,15H2,1H3. The van der Waals surface area contributed by atoms with E-state index in [4.69, 9.17) is 10.5 Å². The molecule has 0 heterocycles. The second-order valence-electron chi connectivity index (χ2n) is 4.84. The topological polar surface area (TPSA) is 38.5 Å². The molecule has 0 radical (unpaired) electrons. The van der Waals surface area contributed by atoms with Crippen molar-refractivity contribution in [2.24, 2.45) is 0 Å². The van der Waals surface area contributed by atoms with Crippen LogP contribution in [0.1, 0.15) is 25.7 Å². The van der Waals surface area contributed by atoms with Crippen LogP contribution in [0.3, 0.4) is 0 Å². The first-order valence-electron chi connectivity index (χ1n) is 6.44. The van der Waals surface area contributed by atoms with Crippen molar-refractivity contribution in [3.05, 3.63) is 24.3 Å². The summed E-state index contributed by atoms with van der Waals surface area (Å²) in [5.41, 5.74) is 6.45. The van der Waals surface area contributed by atoms with Crippen LogP contribution in [0.25, 0.3) is 0 Å². The minimum atomic E-state index is 0.758. The molecule has 1 saturated carbocycles. The summed E-state index contributed by atoms with van der Waals surface area (Å²) in [7, 11) is 2.21. The first-order chi connectivity index (χ1) is 8.25. The first-order valence-corrected chi connectivity index (χ1v) is 6.44. The van der Waals surface area contributed by atoms with Crippen molar-refractivity contribution in [3.8, 4) is 5.75 Å². The molecule has 0 unspecified atom stereocenters. The maximum absolute atomic E-state index is 5.69. The van der Waals surface area contributed by atoms with Gasteiger partial charge in [-0.05, 0) is 38.4 Å². The second-order valence-corrected chi connectivity index (χ2v) is 4.84. The number of ether oxygens (including phenoxy) is 1. The Morgan fingerprint density at radius 3 is 2.88 bits per heavy atom. The first kappa shape index (κ1) is 12.2. The van der Waals surface area contributed by atoms with Crippen LogP contribution in [0.2, 0.25) is 0 Å². The van der Waals surface area contributed by atoms with E-state index in [1.165, 1.54) is 19.3 Å². The molecule has 2 rings (SSSR count). The normalized spacial score (nSPS) is 15.9. The number of nitrogens with two attached hydrogens (primary N) is 1. The minimum absolute atomic E-state index is 0.758. The number of nitrogens with zero attached hydrogens (tertiary/aromatic N) is 1. The highest BCUT2D eigenvalue weighted by Gasteiger charge is 2.21. The molecule has 0 atom stereocenters. The van der Waals surface area contributed by atoms with Crippen LogP contribution < -0.4 is 10.5 Å². The molecule has 3 nitrogen and oxygen atoms in total. The van der Waals surface area contributed by atoms with Crippen LogP contribution in [0, 0.1) is 0 Å². The van der Waals surface area contributed by atoms with Crippen molar-refractivity contribution in [1.29, 1.82) is 0 Å². The lowest BCUT2D eigenvalue weighted by molar-refractivity contribution is 0.149. The van der Waals surface area contributed by atoms with Crippen molar-refractivity contribution in [3.63, 3.8) is 0 Å². The van der Waals surface area contributed by atoms with Crippen LogP contribution >= 0.6 is 0 Å². The molecule has 1 fully saturated rings. The molecule has 1 aromatic carbocycles. The molecule has 0 amide bonds. The Morgan fingerprint density at radius 2 is 2.24 bits per heavy atom. The smallest absolute Gasteiger partial charge is 0.121 e. The van der Waals surface area contributed by atoms with E-state index >= 15 is 0 Å². The third-order valence-electron chi connectivity index (χ3n) is 3.48. The maximum atomic E-state index is 5.69. The van der Waals surface area contributed by atoms with Gasteiger partial charge in [0, 0.05) is 24.3 Å². The molecular formula is C14H22N2O. The van der Waals surface area contributed by atoms with E-state index in [0.717, 1.165) is 37.1 Å². The van der Waals surface area contributed by atoms with Gasteiger partial charge in [0.1, 0.15) is 5.75 Å². The number of anilines is 1. The van der Waals surface area contributed by atoms with Crippen molar-refractivity contribution in [2.45, 2.75) is 31.7 Å². The Labute approximate surface area is 104 Å². The number of hydrogen-bond donors (Lipinski definition) is 1. The average molecular weight is 234 g/mol. The summed E-state index contributed by atoms with van der Waals surface area (Å²) in [5.74, 6) is 0.872. The predicted molar refractivity (Wildman–Crippen MR) is 71.2 cm³/mol. The molecule has 1 aliphatic carbocycles. The molecular weight excluding hydrogens is 212 g/mol. The fourth-order valence-corrected chi connectivity index (χ4v) is 2.12. The highest BCUT2D eigenvalue weighted by atomic mass is 16.5. The number of rotatable bonds is 6. The molecule has 0 bridgehead atoms. The highest BCUT2D eigenvalue weighted by molar-refractivity contribution is 5.43. The largest absolute Gasteiger partial charge is 0.493 e. The molecule has 17 heavy (non-hydrogen) atoms. The fourth-order valence-electron chi connectivity index (χ4n) is 2.12. The van der Waals surface area contributed by atoms with Crippen LogP contribution in [0.15, 0.2) is 24.3 Å². The second kappa shape index (κ2) is 5.92. The van der Waals surface area contributed by atoms with Crippen LogP contribution in [-0.4, -0.2) is 31.1 Å².